The molecule has 3 aromatic carbocycles. The molecule has 0 saturated carbocycles. The molecule has 3 heterocycles. The van der Waals surface area contributed by atoms with E-state index in [0.717, 1.165) is 5.56 Å². The molecule has 35 heavy (non-hydrogen) atoms. The number of rotatable bonds is 3. The zero-order valence-electron chi connectivity index (χ0n) is 20.5. The first-order valence-corrected chi connectivity index (χ1v) is 11.7. The molecular weight excluding hydrogens is 468 g/mol. The van der Waals surface area contributed by atoms with Crippen molar-refractivity contribution in [3.63, 3.8) is 0 Å². The largest absolute Gasteiger partial charge is 0.508 e. The average Bonchev–Trinajstić information content (AvgIpc) is 3.11. The van der Waals surface area contributed by atoms with Crippen molar-refractivity contribution in [2.75, 3.05) is 13.1 Å². The molecule has 178 valence electrons. The number of benzene rings is 3. The third kappa shape index (κ3) is 3.96. The van der Waals surface area contributed by atoms with Gasteiger partial charge in [-0.3, -0.25) is 4.90 Å². The van der Waals surface area contributed by atoms with Crippen LogP contribution in [-0.2, 0) is 6.50 Å². The molecule has 0 atom stereocenters. The van der Waals surface area contributed by atoms with E-state index in [1.807, 2.05) is 24.3 Å². The molecule has 4 aromatic rings. The van der Waals surface area contributed by atoms with Crippen molar-refractivity contribution in [1.29, 1.82) is 0 Å². The SMILES string of the molecule is [2H]C([2H])(c1c(O)cc2oc3c(c2c1O)=NOc1cc(O)ccc1C=3)N1CCC(c2cccc(Cl)c2)CC1. The van der Waals surface area contributed by atoms with Crippen molar-refractivity contribution >= 4 is 28.6 Å². The van der Waals surface area contributed by atoms with Gasteiger partial charge in [0.05, 0.1) is 10.9 Å². The highest BCUT2D eigenvalue weighted by Crippen LogP contribution is 2.37. The quantitative estimate of drug-likeness (QED) is 0.393. The topological polar surface area (TPSA) is 98.7 Å². The molecule has 8 heteroatoms. The van der Waals surface area contributed by atoms with Gasteiger partial charge < -0.3 is 24.6 Å². The van der Waals surface area contributed by atoms with Crippen LogP contribution in [0, 0.1) is 0 Å². The van der Waals surface area contributed by atoms with Crippen LogP contribution in [0.25, 0.3) is 17.0 Å². The Labute approximate surface area is 208 Å². The molecule has 0 amide bonds. The lowest BCUT2D eigenvalue weighted by molar-refractivity contribution is 0.200. The van der Waals surface area contributed by atoms with E-state index in [9.17, 15) is 15.3 Å². The van der Waals surface area contributed by atoms with E-state index < -0.39 is 18.0 Å². The fourth-order valence-corrected chi connectivity index (χ4v) is 4.93. The van der Waals surface area contributed by atoms with E-state index in [0.29, 0.717) is 42.3 Å². The number of nitrogens with zero attached hydrogens (tertiary/aromatic N) is 2. The van der Waals surface area contributed by atoms with Gasteiger partial charge in [0.15, 0.2) is 16.5 Å². The van der Waals surface area contributed by atoms with Gasteiger partial charge in [-0.2, -0.15) is 0 Å². The monoisotopic (exact) mass is 492 g/mol. The first-order valence-electron chi connectivity index (χ1n) is 12.3. The Bertz CT molecular complexity index is 1660. The van der Waals surface area contributed by atoms with Crippen LogP contribution in [0.1, 0.15) is 38.2 Å². The summed E-state index contributed by atoms with van der Waals surface area (Å²) in [5.41, 5.74) is 1.88. The lowest BCUT2D eigenvalue weighted by atomic mass is 9.89. The second-order valence-corrected chi connectivity index (χ2v) is 9.22. The minimum absolute atomic E-state index is 0.00751. The molecule has 1 aromatic heterocycles. The highest BCUT2D eigenvalue weighted by atomic mass is 35.5. The van der Waals surface area contributed by atoms with Gasteiger partial charge in [-0.1, -0.05) is 28.9 Å². The van der Waals surface area contributed by atoms with Crippen LogP contribution < -0.4 is 15.6 Å². The molecule has 0 spiro atoms. The van der Waals surface area contributed by atoms with E-state index in [4.69, 9.17) is 23.6 Å². The van der Waals surface area contributed by atoms with Crippen molar-refractivity contribution in [3.8, 4) is 23.0 Å². The minimum atomic E-state index is -2.17. The predicted octanol–water partition coefficient (Wildman–Crippen LogP) is 4.34. The van der Waals surface area contributed by atoms with E-state index in [1.54, 1.807) is 17.0 Å². The molecule has 7 nitrogen and oxygen atoms in total. The van der Waals surface area contributed by atoms with Crippen LogP contribution >= 0.6 is 11.6 Å². The maximum Gasteiger partial charge on any atom is 0.169 e. The Balaban J connectivity index is 1.38. The van der Waals surface area contributed by atoms with Crippen molar-refractivity contribution in [2.24, 2.45) is 5.16 Å². The number of furan rings is 1. The summed E-state index contributed by atoms with van der Waals surface area (Å²) < 4.78 is 23.7. The first kappa shape index (κ1) is 19.6. The average molecular weight is 493 g/mol. The summed E-state index contributed by atoms with van der Waals surface area (Å²) in [6.07, 6.45) is 3.05. The number of piperidine rings is 1. The number of phenols is 3. The van der Waals surface area contributed by atoms with Gasteiger partial charge in [-0.15, -0.1) is 0 Å². The van der Waals surface area contributed by atoms with Gasteiger partial charge in [-0.25, -0.2) is 0 Å². The molecule has 3 N–H and O–H groups in total. The van der Waals surface area contributed by atoms with Gasteiger partial charge in [0, 0.05) is 32.0 Å². The molecule has 0 bridgehead atoms. The third-order valence-corrected chi connectivity index (χ3v) is 6.77. The van der Waals surface area contributed by atoms with Crippen LogP contribution in [0.3, 0.4) is 0 Å². The Kier molecular flexibility index (Phi) is 4.77. The summed E-state index contributed by atoms with van der Waals surface area (Å²) in [5, 5.41) is 36.9. The molecule has 2 aliphatic rings. The summed E-state index contributed by atoms with van der Waals surface area (Å²) in [5.74, 6) is -0.324. The number of likely N-dealkylation sites (tertiary alicyclic amines) is 1. The van der Waals surface area contributed by atoms with Crippen LogP contribution in [0.5, 0.6) is 23.0 Å². The van der Waals surface area contributed by atoms with Crippen molar-refractivity contribution in [3.05, 3.63) is 81.0 Å². The maximum atomic E-state index is 11.3. The molecule has 0 aliphatic carbocycles. The van der Waals surface area contributed by atoms with Crippen LogP contribution in [0.15, 0.2) is 58.1 Å². The Morgan fingerprint density at radius 3 is 2.71 bits per heavy atom. The van der Waals surface area contributed by atoms with Gasteiger partial charge >= 0.3 is 0 Å². The van der Waals surface area contributed by atoms with Gasteiger partial charge in [0.2, 0.25) is 0 Å². The third-order valence-electron chi connectivity index (χ3n) is 6.54. The van der Waals surface area contributed by atoms with Crippen LogP contribution in [0.2, 0.25) is 5.02 Å². The van der Waals surface area contributed by atoms with Gasteiger partial charge in [-0.05, 0) is 67.8 Å². The lowest BCUT2D eigenvalue weighted by Gasteiger charge is -2.32. The lowest BCUT2D eigenvalue weighted by Crippen LogP contribution is -2.32. The highest BCUT2D eigenvalue weighted by Gasteiger charge is 2.25. The zero-order valence-corrected chi connectivity index (χ0v) is 19.3. The molecule has 2 aliphatic heterocycles. The summed E-state index contributed by atoms with van der Waals surface area (Å²) in [6.45, 7) is -1.33. The molecule has 1 fully saturated rings. The van der Waals surface area contributed by atoms with Gasteiger partial charge in [0.1, 0.15) is 22.8 Å². The normalized spacial score (nSPS) is 17.3. The number of aromatic hydroxyl groups is 3. The number of fused-ring (bicyclic) bond motifs is 4. The fraction of sp³-hybridized carbons (Fsp3) is 0.222. The molecule has 1 saturated heterocycles. The van der Waals surface area contributed by atoms with Crippen molar-refractivity contribution in [2.45, 2.75) is 25.3 Å². The smallest absolute Gasteiger partial charge is 0.169 e. The maximum absolute atomic E-state index is 11.3. The molecule has 0 radical (unpaired) electrons. The summed E-state index contributed by atoms with van der Waals surface area (Å²) in [4.78, 5) is 7.11. The van der Waals surface area contributed by atoms with E-state index >= 15 is 0 Å². The Hall–Kier alpha value is -3.68. The minimum Gasteiger partial charge on any atom is -0.508 e. The molecule has 6 rings (SSSR count). The van der Waals surface area contributed by atoms with E-state index in [-0.39, 0.29) is 39.0 Å². The van der Waals surface area contributed by atoms with Crippen LogP contribution in [-0.4, -0.2) is 33.3 Å². The second kappa shape index (κ2) is 8.52. The summed E-state index contributed by atoms with van der Waals surface area (Å²) in [6, 6.07) is 13.5. The second-order valence-electron chi connectivity index (χ2n) is 8.78. The van der Waals surface area contributed by atoms with E-state index in [1.165, 1.54) is 18.2 Å². The summed E-state index contributed by atoms with van der Waals surface area (Å²) >= 11 is 6.15. The standard InChI is InChI=1S/C27H23ClN2O5/c28-18-3-1-2-16(10-18)15-6-8-30(9-7-15)14-20-21(32)13-23-25(27(20)33)26-24(34-23)11-17-4-5-19(31)12-22(17)35-29-26/h1-5,10-13,15,31-33H,6-9,14H2/i14D2. The van der Waals surface area contributed by atoms with Crippen molar-refractivity contribution in [1.82, 2.24) is 4.90 Å². The zero-order chi connectivity index (χ0) is 25.9. The van der Waals surface area contributed by atoms with Crippen molar-refractivity contribution < 1.29 is 27.3 Å². The number of halogens is 1. The summed E-state index contributed by atoms with van der Waals surface area (Å²) in [7, 11) is 0. The Morgan fingerprint density at radius 2 is 1.91 bits per heavy atom. The number of phenolic OH excluding ortho intramolecular Hbond substituents is 3. The molecular formula is C27H23ClN2O5. The van der Waals surface area contributed by atoms with Gasteiger partial charge in [0.25, 0.3) is 0 Å². The predicted molar refractivity (Wildman–Crippen MR) is 131 cm³/mol. The number of hydrogen-bond donors (Lipinski definition) is 3. The van der Waals surface area contributed by atoms with Crippen LogP contribution in [0.4, 0.5) is 0 Å². The Morgan fingerprint density at radius 1 is 1.09 bits per heavy atom. The fourth-order valence-electron chi connectivity index (χ4n) is 4.73. The first-order chi connectivity index (χ1) is 17.7. The highest BCUT2D eigenvalue weighted by molar-refractivity contribution is 6.30. The number of hydrogen-bond acceptors (Lipinski definition) is 7. The van der Waals surface area contributed by atoms with E-state index in [2.05, 4.69) is 5.16 Å². The molecule has 0 unspecified atom stereocenters.